The molecule has 0 aliphatic carbocycles. The Morgan fingerprint density at radius 3 is 2.65 bits per heavy atom. The van der Waals surface area contributed by atoms with E-state index in [4.69, 9.17) is 20.4 Å². The molecule has 34 heavy (non-hydrogen) atoms. The van der Waals surface area contributed by atoms with Crippen LogP contribution in [0.5, 0.6) is 0 Å². The highest BCUT2D eigenvalue weighted by Gasteiger charge is 2.23. The van der Waals surface area contributed by atoms with Gasteiger partial charge in [-0.3, -0.25) is 5.43 Å². The van der Waals surface area contributed by atoms with Crippen molar-refractivity contribution >= 4 is 33.2 Å². The third kappa shape index (κ3) is 5.01. The van der Waals surface area contributed by atoms with Crippen LogP contribution in [0.15, 0.2) is 18.3 Å². The number of pyridine rings is 1. The van der Waals surface area contributed by atoms with Gasteiger partial charge in [0.1, 0.15) is 5.82 Å². The monoisotopic (exact) mass is 482 g/mol. The first kappa shape index (κ1) is 23.4. The number of piperidine rings is 1. The van der Waals surface area contributed by atoms with Gasteiger partial charge in [0.15, 0.2) is 11.6 Å². The highest BCUT2D eigenvalue weighted by atomic mass is 32.1. The number of rotatable bonds is 6. The maximum absolute atomic E-state index is 5.80. The lowest BCUT2D eigenvalue weighted by molar-refractivity contribution is 0.122. The van der Waals surface area contributed by atoms with E-state index < -0.39 is 0 Å². The van der Waals surface area contributed by atoms with Gasteiger partial charge >= 0.3 is 0 Å². The van der Waals surface area contributed by atoms with Crippen molar-refractivity contribution in [1.29, 1.82) is 0 Å². The van der Waals surface area contributed by atoms with Crippen molar-refractivity contribution in [2.24, 2.45) is 0 Å². The molecule has 0 radical (unpaired) electrons. The van der Waals surface area contributed by atoms with E-state index in [1.54, 1.807) is 12.3 Å². The van der Waals surface area contributed by atoms with Crippen molar-refractivity contribution in [3.05, 3.63) is 28.8 Å². The van der Waals surface area contributed by atoms with Gasteiger partial charge in [0, 0.05) is 49.4 Å². The highest BCUT2D eigenvalue weighted by Crippen LogP contribution is 2.37. The van der Waals surface area contributed by atoms with Crippen LogP contribution in [-0.2, 0) is 11.3 Å². The number of likely N-dealkylation sites (tertiary alicyclic amines) is 1. The van der Waals surface area contributed by atoms with Crippen molar-refractivity contribution in [1.82, 2.24) is 30.3 Å². The molecule has 3 aromatic heterocycles. The normalized spacial score (nSPS) is 18.3. The van der Waals surface area contributed by atoms with Crippen LogP contribution in [0.4, 0.5) is 11.6 Å². The van der Waals surface area contributed by atoms with Gasteiger partial charge in [-0.2, -0.15) is 0 Å². The average molecular weight is 483 g/mol. The zero-order chi connectivity index (χ0) is 23.7. The summed E-state index contributed by atoms with van der Waals surface area (Å²) in [4.78, 5) is 20.3. The zero-order valence-electron chi connectivity index (χ0n) is 20.3. The maximum Gasteiger partial charge on any atom is 0.163 e. The number of nitrogens with one attached hydrogen (secondary N) is 1. The number of anilines is 2. The third-order valence-electron chi connectivity index (χ3n) is 6.70. The number of aryl methyl sites for hydroxylation is 1. The second-order valence-corrected chi connectivity index (χ2v) is 10.4. The number of fused-ring (bicyclic) bond motifs is 1. The molecular weight excluding hydrogens is 448 g/mol. The minimum atomic E-state index is 0.493. The summed E-state index contributed by atoms with van der Waals surface area (Å²) < 4.78 is 6.75. The number of hydrogen-bond donors (Lipinski definition) is 2. The van der Waals surface area contributed by atoms with E-state index in [0.29, 0.717) is 30.9 Å². The molecule has 10 heteroatoms. The Bertz CT molecular complexity index is 1120. The SMILES string of the molecule is Cc1c(CN(C)NC2CCN(C)CC2)sc2c(N3CCOCC3)nc(-c3ccc(N)nc3)nc12. The first-order chi connectivity index (χ1) is 16.5. The summed E-state index contributed by atoms with van der Waals surface area (Å²) in [6.45, 7) is 8.39. The Hall–Kier alpha value is -2.37. The van der Waals surface area contributed by atoms with Crippen molar-refractivity contribution in [3.8, 4) is 11.4 Å². The number of nitrogens with two attached hydrogens (primary N) is 1. The van der Waals surface area contributed by atoms with Crippen LogP contribution >= 0.6 is 11.3 Å². The first-order valence-corrected chi connectivity index (χ1v) is 12.8. The molecule has 2 aliphatic heterocycles. The Labute approximate surface area is 204 Å². The van der Waals surface area contributed by atoms with Crippen molar-refractivity contribution in [2.75, 3.05) is 64.1 Å². The molecule has 2 aliphatic rings. The fraction of sp³-hybridized carbons (Fsp3) is 0.542. The number of nitrogens with zero attached hydrogens (tertiary/aromatic N) is 6. The Morgan fingerprint density at radius 1 is 1.18 bits per heavy atom. The molecule has 5 heterocycles. The predicted octanol–water partition coefficient (Wildman–Crippen LogP) is 2.51. The van der Waals surface area contributed by atoms with Crippen LogP contribution in [0, 0.1) is 6.92 Å². The van der Waals surface area contributed by atoms with Gasteiger partial charge in [-0.25, -0.2) is 20.0 Å². The molecule has 0 aromatic carbocycles. The maximum atomic E-state index is 5.80. The number of aromatic nitrogens is 3. The molecule has 0 saturated carbocycles. The lowest BCUT2D eigenvalue weighted by Gasteiger charge is -2.32. The molecule has 0 bridgehead atoms. The number of thiophene rings is 1. The number of nitrogen functional groups attached to an aromatic ring is 1. The van der Waals surface area contributed by atoms with Crippen molar-refractivity contribution in [3.63, 3.8) is 0 Å². The quantitative estimate of drug-likeness (QED) is 0.514. The summed E-state index contributed by atoms with van der Waals surface area (Å²) in [5, 5.41) is 2.24. The van der Waals surface area contributed by atoms with E-state index in [-0.39, 0.29) is 0 Å². The van der Waals surface area contributed by atoms with Crippen LogP contribution in [0.2, 0.25) is 0 Å². The summed E-state index contributed by atoms with van der Waals surface area (Å²) in [5.41, 5.74) is 12.6. The molecule has 9 nitrogen and oxygen atoms in total. The summed E-state index contributed by atoms with van der Waals surface area (Å²) in [5.74, 6) is 2.17. The lowest BCUT2D eigenvalue weighted by Crippen LogP contribution is -2.47. The van der Waals surface area contributed by atoms with Gasteiger partial charge in [0.25, 0.3) is 0 Å². The Balaban J connectivity index is 1.46. The van der Waals surface area contributed by atoms with E-state index in [0.717, 1.165) is 54.3 Å². The van der Waals surface area contributed by atoms with Crippen LogP contribution in [0.25, 0.3) is 21.6 Å². The van der Waals surface area contributed by atoms with E-state index >= 15 is 0 Å². The van der Waals surface area contributed by atoms with E-state index in [2.05, 4.69) is 46.2 Å². The molecule has 2 fully saturated rings. The van der Waals surface area contributed by atoms with Gasteiger partial charge in [-0.1, -0.05) is 0 Å². The number of ether oxygens (including phenoxy) is 1. The summed E-state index contributed by atoms with van der Waals surface area (Å²) in [7, 11) is 4.34. The molecule has 5 rings (SSSR count). The fourth-order valence-electron chi connectivity index (χ4n) is 4.64. The predicted molar refractivity (Wildman–Crippen MR) is 138 cm³/mol. The molecule has 0 unspecified atom stereocenters. The molecule has 182 valence electrons. The number of hydrogen-bond acceptors (Lipinski definition) is 10. The topological polar surface area (TPSA) is 95.7 Å². The first-order valence-electron chi connectivity index (χ1n) is 12.0. The van der Waals surface area contributed by atoms with E-state index in [1.807, 2.05) is 17.4 Å². The minimum Gasteiger partial charge on any atom is -0.384 e. The van der Waals surface area contributed by atoms with Crippen molar-refractivity contribution < 1.29 is 4.74 Å². The second kappa shape index (κ2) is 10.1. The van der Waals surface area contributed by atoms with Crippen LogP contribution < -0.4 is 16.1 Å². The average Bonchev–Trinajstić information content (AvgIpc) is 3.16. The molecular formula is C24H34N8OS. The smallest absolute Gasteiger partial charge is 0.163 e. The summed E-state index contributed by atoms with van der Waals surface area (Å²) in [6, 6.07) is 4.27. The van der Waals surface area contributed by atoms with Crippen LogP contribution in [0.1, 0.15) is 23.3 Å². The van der Waals surface area contributed by atoms with Crippen LogP contribution in [0.3, 0.4) is 0 Å². The van der Waals surface area contributed by atoms with Gasteiger partial charge < -0.3 is 20.3 Å². The third-order valence-corrected chi connectivity index (χ3v) is 7.97. The summed E-state index contributed by atoms with van der Waals surface area (Å²) >= 11 is 1.81. The fourth-order valence-corrected chi connectivity index (χ4v) is 5.95. The highest BCUT2D eigenvalue weighted by molar-refractivity contribution is 7.19. The number of hydrazine groups is 1. The van der Waals surface area contributed by atoms with Crippen LogP contribution in [-0.4, -0.2) is 84.4 Å². The van der Waals surface area contributed by atoms with Gasteiger partial charge in [-0.15, -0.1) is 11.3 Å². The molecule has 3 aromatic rings. The van der Waals surface area contributed by atoms with Gasteiger partial charge in [-0.05, 0) is 57.6 Å². The summed E-state index contributed by atoms with van der Waals surface area (Å²) in [6.07, 6.45) is 4.11. The van der Waals surface area contributed by atoms with Crippen molar-refractivity contribution in [2.45, 2.75) is 32.4 Å². The standard InChI is InChI=1S/C24H34N8OS/c1-16-19(15-31(3)29-18-6-8-30(2)9-7-18)34-22-21(16)27-23(17-4-5-20(25)26-14-17)28-24(22)32-10-12-33-13-11-32/h4-5,14,18,29H,6-13,15H2,1-3H3,(H2,25,26). The second-order valence-electron chi connectivity index (χ2n) is 9.33. The van der Waals surface area contributed by atoms with E-state index in [1.165, 1.54) is 23.3 Å². The molecule has 0 atom stereocenters. The molecule has 0 amide bonds. The molecule has 2 saturated heterocycles. The molecule has 0 spiro atoms. The largest absolute Gasteiger partial charge is 0.384 e. The van der Waals surface area contributed by atoms with Gasteiger partial charge in [0.05, 0.1) is 23.4 Å². The molecule has 3 N–H and O–H groups in total. The lowest BCUT2D eigenvalue weighted by atomic mass is 10.1. The minimum absolute atomic E-state index is 0.493. The van der Waals surface area contributed by atoms with E-state index in [9.17, 15) is 0 Å². The Morgan fingerprint density at radius 2 is 1.94 bits per heavy atom. The number of morpholine rings is 1. The Kier molecular flexibility index (Phi) is 6.94. The zero-order valence-corrected chi connectivity index (χ0v) is 21.1. The van der Waals surface area contributed by atoms with Gasteiger partial charge in [0.2, 0.25) is 0 Å².